The van der Waals surface area contributed by atoms with E-state index in [9.17, 15) is 5.11 Å². The highest BCUT2D eigenvalue weighted by Crippen LogP contribution is 2.41. The molecule has 0 saturated carbocycles. The largest absolute Gasteiger partial charge is 0.417 e. The highest BCUT2D eigenvalue weighted by atomic mass is 35.5. The summed E-state index contributed by atoms with van der Waals surface area (Å²) < 4.78 is 27.5. The van der Waals surface area contributed by atoms with Gasteiger partial charge in [0.05, 0.1) is 12.9 Å². The Bertz CT molecular complexity index is 1010. The molecule has 1 aliphatic rings. The lowest BCUT2D eigenvalue weighted by Gasteiger charge is -2.40. The molecular weight excluding hydrogens is 518 g/mol. The molecule has 3 N–H and O–H groups in total. The van der Waals surface area contributed by atoms with E-state index in [4.69, 9.17) is 35.3 Å². The minimum atomic E-state index is -2.73. The van der Waals surface area contributed by atoms with Crippen molar-refractivity contribution in [3.05, 3.63) is 11.6 Å². The quantitative estimate of drug-likeness (QED) is 0.308. The number of fused-ring (bicyclic) bond motifs is 1. The third-order valence-electron chi connectivity index (χ3n) is 7.02. The maximum atomic E-state index is 11.6. The van der Waals surface area contributed by atoms with Crippen molar-refractivity contribution in [2.24, 2.45) is 0 Å². The first kappa shape index (κ1) is 29.4. The molecule has 36 heavy (non-hydrogen) atoms. The van der Waals surface area contributed by atoms with Gasteiger partial charge in [-0.25, -0.2) is 4.98 Å². The summed E-state index contributed by atoms with van der Waals surface area (Å²) in [5, 5.41) is 11.6. The normalized spacial score (nSPS) is 23.4. The number of anilines is 1. The summed E-state index contributed by atoms with van der Waals surface area (Å²) in [6.07, 6.45) is -1.48. The predicted molar refractivity (Wildman–Crippen MR) is 146 cm³/mol. The Kier molecular flexibility index (Phi) is 9.59. The van der Waals surface area contributed by atoms with Gasteiger partial charge in [-0.3, -0.25) is 4.57 Å². The minimum absolute atomic E-state index is 0.00458. The lowest BCUT2D eigenvalue weighted by atomic mass is 10.1. The predicted octanol–water partition coefficient (Wildman–Crippen LogP) is 4.17. The first-order valence-electron chi connectivity index (χ1n) is 12.7. The molecule has 13 heteroatoms. The van der Waals surface area contributed by atoms with Gasteiger partial charge < -0.3 is 28.9 Å². The third kappa shape index (κ3) is 5.65. The Balaban J connectivity index is 2.00. The molecule has 1 fully saturated rings. The summed E-state index contributed by atoms with van der Waals surface area (Å²) >= 11 is 6.07. The fourth-order valence-corrected chi connectivity index (χ4v) is 11.9. The average Bonchev–Trinajstić information content (AvgIpc) is 3.32. The Morgan fingerprint density at radius 2 is 1.75 bits per heavy atom. The molecule has 2 aromatic heterocycles. The average molecular weight is 560 g/mol. The van der Waals surface area contributed by atoms with E-state index in [1.807, 2.05) is 0 Å². The van der Waals surface area contributed by atoms with Gasteiger partial charge in [0.2, 0.25) is 5.28 Å². The van der Waals surface area contributed by atoms with Crippen molar-refractivity contribution in [2.75, 3.05) is 19.5 Å². The van der Waals surface area contributed by atoms with E-state index in [1.54, 1.807) is 11.7 Å². The van der Waals surface area contributed by atoms with E-state index >= 15 is 0 Å². The number of ether oxygens (including phenoxy) is 1. The number of nitrogens with two attached hydrogens (primary N) is 1. The van der Waals surface area contributed by atoms with Crippen LogP contribution in [0.3, 0.4) is 0 Å². The Morgan fingerprint density at radius 3 is 2.28 bits per heavy atom. The summed E-state index contributed by atoms with van der Waals surface area (Å²) in [4.78, 5) is 12.6. The van der Waals surface area contributed by atoms with Gasteiger partial charge in [0.15, 0.2) is 26.7 Å². The van der Waals surface area contributed by atoms with Crippen LogP contribution < -0.4 is 5.73 Å². The van der Waals surface area contributed by atoms with Crippen molar-refractivity contribution in [3.8, 4) is 0 Å². The second kappa shape index (κ2) is 11.7. The third-order valence-corrected chi connectivity index (χ3v) is 14.9. The van der Waals surface area contributed by atoms with Crippen LogP contribution in [0.25, 0.3) is 11.2 Å². The van der Waals surface area contributed by atoms with Crippen LogP contribution in [0.1, 0.15) is 61.6 Å². The number of aliphatic hydroxyl groups excluding tert-OH is 1. The van der Waals surface area contributed by atoms with Crippen LogP contribution in [0.5, 0.6) is 0 Å². The van der Waals surface area contributed by atoms with Crippen LogP contribution in [-0.2, 0) is 18.0 Å². The topological polar surface area (TPSA) is 127 Å². The summed E-state index contributed by atoms with van der Waals surface area (Å²) in [5.74, 6) is 0.164. The lowest BCUT2D eigenvalue weighted by molar-refractivity contribution is -0.0486. The maximum absolute atomic E-state index is 11.6. The molecule has 0 aromatic carbocycles. The molecule has 2 aromatic rings. The smallest absolute Gasteiger partial charge is 0.343 e. The molecule has 1 aliphatic heterocycles. The van der Waals surface area contributed by atoms with Crippen molar-refractivity contribution >= 4 is 46.2 Å². The van der Waals surface area contributed by atoms with Crippen molar-refractivity contribution in [3.63, 3.8) is 0 Å². The van der Waals surface area contributed by atoms with Crippen molar-refractivity contribution in [1.29, 1.82) is 0 Å². The van der Waals surface area contributed by atoms with E-state index in [-0.39, 0.29) is 22.2 Å². The van der Waals surface area contributed by atoms with Crippen LogP contribution in [0.15, 0.2) is 6.33 Å². The maximum Gasteiger partial charge on any atom is 0.343 e. The highest BCUT2D eigenvalue weighted by Gasteiger charge is 2.54. The van der Waals surface area contributed by atoms with Crippen LogP contribution >= 0.6 is 11.6 Å². The zero-order valence-corrected chi connectivity index (χ0v) is 25.7. The van der Waals surface area contributed by atoms with E-state index < -0.39 is 42.1 Å². The van der Waals surface area contributed by atoms with Crippen molar-refractivity contribution < 1.29 is 23.1 Å². The van der Waals surface area contributed by atoms with Crippen LogP contribution in [0.2, 0.25) is 27.4 Å². The van der Waals surface area contributed by atoms with Gasteiger partial charge in [0.1, 0.15) is 23.8 Å². The molecule has 3 heterocycles. The number of imidazole rings is 1. The van der Waals surface area contributed by atoms with E-state index in [2.05, 4.69) is 70.3 Å². The molecule has 0 aliphatic carbocycles. The zero-order valence-electron chi connectivity index (χ0n) is 22.8. The summed E-state index contributed by atoms with van der Waals surface area (Å²) in [7, 11) is -2.57. The SMILES string of the molecule is CO[Si](O[C@H]1[C@H](O)[C@H](n2cnc3c(N)nc(Cl)nc32)O[C@@H]1CO[SiH](C(C)C)C(C)C)(C(C)C)C(C)C. The van der Waals surface area contributed by atoms with Crippen LogP contribution in [0.4, 0.5) is 5.82 Å². The van der Waals surface area contributed by atoms with Gasteiger partial charge in [-0.1, -0.05) is 55.4 Å². The molecular formula is C23H42ClN5O5Si2. The zero-order chi connectivity index (χ0) is 26.9. The molecule has 0 spiro atoms. The van der Waals surface area contributed by atoms with Gasteiger partial charge in [-0.2, -0.15) is 9.97 Å². The molecule has 0 bridgehead atoms. The van der Waals surface area contributed by atoms with Gasteiger partial charge in [0, 0.05) is 7.11 Å². The summed E-state index contributed by atoms with van der Waals surface area (Å²) in [6.45, 7) is 17.5. The number of aliphatic hydroxyl groups is 1. The van der Waals surface area contributed by atoms with Gasteiger partial charge in [0.25, 0.3) is 0 Å². The molecule has 1 saturated heterocycles. The number of halogens is 1. The molecule has 10 nitrogen and oxygen atoms in total. The van der Waals surface area contributed by atoms with Gasteiger partial charge in [-0.15, -0.1) is 0 Å². The van der Waals surface area contributed by atoms with E-state index in [0.29, 0.717) is 28.9 Å². The summed E-state index contributed by atoms with van der Waals surface area (Å²) in [5.41, 5.74) is 8.02. The monoisotopic (exact) mass is 559 g/mol. The fraction of sp³-hybridized carbons (Fsp3) is 0.783. The number of hydrogen-bond acceptors (Lipinski definition) is 9. The standard InChI is InChI=1S/C23H42ClN5O5Si2/c1-12(2)35(13(3)4)32-10-16-19(34-36(31-9,14(5)6)15(7)8)18(30)22(33-16)29-11-26-17-20(25)27-23(24)28-21(17)29/h11-16,18-19,22,30,35H,10H2,1-9H3,(H2,25,27,28)/t16-,18+,19-,22-/m1/s1. The first-order chi connectivity index (χ1) is 16.8. The highest BCUT2D eigenvalue weighted by molar-refractivity contribution is 6.70. The van der Waals surface area contributed by atoms with Crippen molar-refractivity contribution in [1.82, 2.24) is 19.5 Å². The van der Waals surface area contributed by atoms with Crippen LogP contribution in [0, 0.1) is 0 Å². The van der Waals surface area contributed by atoms with Gasteiger partial charge in [-0.05, 0) is 33.8 Å². The van der Waals surface area contributed by atoms with Gasteiger partial charge >= 0.3 is 8.56 Å². The number of aromatic nitrogens is 4. The molecule has 0 radical (unpaired) electrons. The Labute approximate surface area is 221 Å². The second-order valence-electron chi connectivity index (χ2n) is 10.9. The second-order valence-corrected chi connectivity index (χ2v) is 19.5. The molecule has 3 rings (SSSR count). The summed E-state index contributed by atoms with van der Waals surface area (Å²) in [6, 6.07) is 0. The Morgan fingerprint density at radius 1 is 1.14 bits per heavy atom. The fourth-order valence-electron chi connectivity index (χ4n) is 5.36. The molecule has 204 valence electrons. The van der Waals surface area contributed by atoms with E-state index in [1.165, 1.54) is 6.33 Å². The number of rotatable bonds is 11. The van der Waals surface area contributed by atoms with Crippen molar-refractivity contribution in [2.45, 2.75) is 102 Å². The molecule has 0 amide bonds. The Hall–Kier alpha value is -1.13. The van der Waals surface area contributed by atoms with E-state index in [0.717, 1.165) is 0 Å². The van der Waals surface area contributed by atoms with Crippen LogP contribution in [-0.4, -0.2) is 74.3 Å². The minimum Gasteiger partial charge on any atom is -0.417 e. The number of nitrogen functional groups attached to an aromatic ring is 1. The molecule has 0 unspecified atom stereocenters. The number of nitrogens with zero attached hydrogens (tertiary/aromatic N) is 4. The lowest BCUT2D eigenvalue weighted by Crippen LogP contribution is -2.54. The number of hydrogen-bond donors (Lipinski definition) is 2. The first-order valence-corrected chi connectivity index (χ1v) is 16.8. The molecule has 4 atom stereocenters.